The topological polar surface area (TPSA) is 169 Å². The summed E-state index contributed by atoms with van der Waals surface area (Å²) in [5, 5.41) is 50.8. The monoisotopic (exact) mass is 790 g/mol. The zero-order chi connectivity index (χ0) is 38.1. The number of carbonyl (C=O) groups excluding carboxylic acids is 2. The largest absolute Gasteiger partial charge is 0.507 e. The second-order valence-corrected chi connectivity index (χ2v) is 16.0. The molecule has 13 heteroatoms. The predicted molar refractivity (Wildman–Crippen MR) is 205 cm³/mol. The minimum Gasteiger partial charge on any atom is -0.507 e. The Kier molecular flexibility index (Phi) is 10.7. The van der Waals surface area contributed by atoms with Crippen molar-refractivity contribution in [1.29, 1.82) is 0 Å². The molecule has 0 fully saturated rings. The minimum atomic E-state index is -1.82. The van der Waals surface area contributed by atoms with Crippen molar-refractivity contribution < 1.29 is 44.7 Å². The van der Waals surface area contributed by atoms with Crippen molar-refractivity contribution in [2.24, 2.45) is 0 Å². The van der Waals surface area contributed by atoms with Gasteiger partial charge in [-0.15, -0.1) is 0 Å². The lowest BCUT2D eigenvalue weighted by molar-refractivity contribution is -0.0445. The van der Waals surface area contributed by atoms with Crippen molar-refractivity contribution in [3.63, 3.8) is 0 Å². The number of carboxylic acid groups (broad SMARTS) is 2. The van der Waals surface area contributed by atoms with E-state index in [1.807, 2.05) is 0 Å². The molecule has 0 saturated carbocycles. The van der Waals surface area contributed by atoms with E-state index >= 15 is 9.59 Å². The van der Waals surface area contributed by atoms with E-state index in [0.717, 1.165) is 47.0 Å². The number of hydrogen-bond donors (Lipinski definition) is 5. The Morgan fingerprint density at radius 1 is 0.426 bits per heavy atom. The Morgan fingerprint density at radius 3 is 1.17 bits per heavy atom. The first-order valence-electron chi connectivity index (χ1n) is 16.1. The molecule has 0 spiro atoms. The Bertz CT molecular complexity index is 2510. The van der Waals surface area contributed by atoms with E-state index in [9.17, 15) is 35.1 Å². The van der Waals surface area contributed by atoms with E-state index in [0.29, 0.717) is 39.2 Å². The van der Waals surface area contributed by atoms with Crippen LogP contribution >= 0.6 is 47.0 Å². The fraction of sp³-hybridized carbons (Fsp3) is 0.0244. The summed E-state index contributed by atoms with van der Waals surface area (Å²) < 4.78 is 0. The number of phenols is 1. The molecule has 7 rings (SSSR count). The lowest BCUT2D eigenvalue weighted by atomic mass is 9.84. The van der Waals surface area contributed by atoms with Gasteiger partial charge in [-0.1, -0.05) is 102 Å². The minimum absolute atomic E-state index is 0.000656. The highest BCUT2D eigenvalue weighted by Gasteiger charge is 2.39. The molecule has 54 heavy (non-hydrogen) atoms. The van der Waals surface area contributed by atoms with Gasteiger partial charge in [-0.3, -0.25) is 9.59 Å². The highest BCUT2D eigenvalue weighted by Crippen LogP contribution is 2.49. The summed E-state index contributed by atoms with van der Waals surface area (Å²) in [4.78, 5) is 57.6. The van der Waals surface area contributed by atoms with Gasteiger partial charge in [0.05, 0.1) is 16.0 Å². The molecule has 0 aliphatic heterocycles. The number of benzene rings is 6. The van der Waals surface area contributed by atoms with E-state index < -0.39 is 29.8 Å². The number of phenolic OH excluding ortho intramolecular Hbond substituents is 1. The number of carbonyl (C=O) groups is 4. The number of hydrogen-bond acceptors (Lipinski definition) is 11. The maximum atomic E-state index is 15.2. The molecule has 0 unspecified atom stereocenters. The third-order valence-corrected chi connectivity index (χ3v) is 12.9. The van der Waals surface area contributed by atoms with Crippen molar-refractivity contribution in [2.45, 2.75) is 45.5 Å². The molecular formula is C41H26O9S4. The Hall–Kier alpha value is -5.28. The van der Waals surface area contributed by atoms with Crippen LogP contribution in [0.15, 0.2) is 160 Å². The number of carboxylic acids is 2. The normalized spacial score (nSPS) is 12.1. The molecule has 6 aromatic rings. The highest BCUT2D eigenvalue weighted by atomic mass is 32.2. The van der Waals surface area contributed by atoms with Crippen LogP contribution in [0.4, 0.5) is 0 Å². The van der Waals surface area contributed by atoms with Gasteiger partial charge in [0.25, 0.3) is 0 Å². The molecule has 268 valence electrons. The van der Waals surface area contributed by atoms with Crippen LogP contribution in [0.25, 0.3) is 0 Å². The summed E-state index contributed by atoms with van der Waals surface area (Å²) in [6, 6.07) is 32.3. The van der Waals surface area contributed by atoms with Crippen molar-refractivity contribution in [1.82, 2.24) is 0 Å². The molecule has 0 radical (unpaired) electrons. The predicted octanol–water partition coefficient (Wildman–Crippen LogP) is 9.15. The van der Waals surface area contributed by atoms with Gasteiger partial charge < -0.3 is 25.5 Å². The third kappa shape index (κ3) is 7.17. The van der Waals surface area contributed by atoms with E-state index in [-0.39, 0.29) is 44.7 Å². The highest BCUT2D eigenvalue weighted by molar-refractivity contribution is 8.00. The number of fused-ring (bicyclic) bond motifs is 2. The van der Waals surface area contributed by atoms with Crippen LogP contribution in [0, 0.1) is 0 Å². The summed E-state index contributed by atoms with van der Waals surface area (Å²) in [5.41, 5.74) is 0.309. The van der Waals surface area contributed by atoms with Gasteiger partial charge in [-0.25, -0.2) is 9.59 Å². The number of aromatic hydroxyl groups is 1. The summed E-state index contributed by atoms with van der Waals surface area (Å²) in [7, 11) is 0. The number of aliphatic hydroxyl groups excluding tert-OH is 1. The molecule has 1 aliphatic rings. The molecule has 0 amide bonds. The summed E-state index contributed by atoms with van der Waals surface area (Å²) >= 11 is 4.21. The third-order valence-electron chi connectivity index (χ3n) is 8.34. The zero-order valence-corrected chi connectivity index (χ0v) is 30.9. The van der Waals surface area contributed by atoms with Gasteiger partial charge in [0.15, 0.2) is 17.9 Å². The van der Waals surface area contributed by atoms with E-state index in [1.165, 1.54) is 24.3 Å². The molecule has 0 aromatic heterocycles. The fourth-order valence-corrected chi connectivity index (χ4v) is 10.1. The van der Waals surface area contributed by atoms with Crippen molar-refractivity contribution in [2.75, 3.05) is 0 Å². The average molecular weight is 791 g/mol. The maximum absolute atomic E-state index is 15.2. The summed E-state index contributed by atoms with van der Waals surface area (Å²) in [5.74, 6) is -3.47. The number of rotatable bonds is 11. The standard InChI is InChI=1S/C41H26O9S4/c42-24-12-4-8-16-28(24)54-32-20-19-31(53-27-15-7-3-11-23(27)41(49)50)35-36(32)38(44)34-30(52-26-14-6-2-10-22(26)40(47)48)18-17-29(33(34)37(35)43)51-25-13-5-1-9-21(25)39(45)46/h1-20,41-42,49-50H,(H,45,46)(H,47,48). The quantitative estimate of drug-likeness (QED) is 0.0787. The Morgan fingerprint density at radius 2 is 0.759 bits per heavy atom. The average Bonchev–Trinajstić information content (AvgIpc) is 3.16. The van der Waals surface area contributed by atoms with Crippen LogP contribution in [0.5, 0.6) is 5.75 Å². The number of para-hydroxylation sites is 1. The lowest BCUT2D eigenvalue weighted by Gasteiger charge is -2.26. The lowest BCUT2D eigenvalue weighted by Crippen LogP contribution is -2.24. The van der Waals surface area contributed by atoms with E-state index in [1.54, 1.807) is 97.1 Å². The summed E-state index contributed by atoms with van der Waals surface area (Å²) in [6.45, 7) is 0. The molecule has 0 saturated heterocycles. The Balaban J connectivity index is 1.48. The van der Waals surface area contributed by atoms with Crippen LogP contribution in [0.2, 0.25) is 0 Å². The van der Waals surface area contributed by atoms with Crippen LogP contribution < -0.4 is 0 Å². The molecule has 1 aliphatic carbocycles. The van der Waals surface area contributed by atoms with Crippen molar-refractivity contribution in [3.8, 4) is 5.75 Å². The van der Waals surface area contributed by atoms with Gasteiger partial charge >= 0.3 is 11.9 Å². The molecule has 0 bridgehead atoms. The second kappa shape index (κ2) is 15.6. The van der Waals surface area contributed by atoms with Crippen molar-refractivity contribution in [3.05, 3.63) is 160 Å². The molecule has 0 atom stereocenters. The molecule has 5 N–H and O–H groups in total. The first kappa shape index (κ1) is 37.1. The zero-order valence-electron chi connectivity index (χ0n) is 27.6. The van der Waals surface area contributed by atoms with Gasteiger partial charge in [0.2, 0.25) is 0 Å². The van der Waals surface area contributed by atoms with E-state index in [4.69, 9.17) is 0 Å². The number of aromatic carboxylic acids is 2. The first-order valence-corrected chi connectivity index (χ1v) is 19.3. The SMILES string of the molecule is O=C(O)c1ccccc1Sc1ccc(Sc2ccccc2C(=O)O)c2c1C(=O)c1c(Sc3ccccc3O)ccc(Sc3ccccc3C(O)O)c1C2=O. The summed E-state index contributed by atoms with van der Waals surface area (Å²) in [6.07, 6.45) is -1.82. The van der Waals surface area contributed by atoms with Gasteiger partial charge in [0, 0.05) is 62.1 Å². The Labute approximate surface area is 325 Å². The van der Waals surface area contributed by atoms with Crippen LogP contribution in [0.3, 0.4) is 0 Å². The second-order valence-electron chi connectivity index (χ2n) is 11.7. The van der Waals surface area contributed by atoms with Gasteiger partial charge in [-0.05, 0) is 66.7 Å². The van der Waals surface area contributed by atoms with Gasteiger partial charge in [0.1, 0.15) is 5.75 Å². The maximum Gasteiger partial charge on any atom is 0.336 e. The smallest absolute Gasteiger partial charge is 0.336 e. The molecular weight excluding hydrogens is 765 g/mol. The van der Waals surface area contributed by atoms with Crippen LogP contribution in [0.1, 0.15) is 64.4 Å². The van der Waals surface area contributed by atoms with Crippen molar-refractivity contribution >= 4 is 70.6 Å². The van der Waals surface area contributed by atoms with E-state index in [2.05, 4.69) is 0 Å². The van der Waals surface area contributed by atoms with Gasteiger partial charge in [-0.2, -0.15) is 0 Å². The molecule has 9 nitrogen and oxygen atoms in total. The fourth-order valence-electron chi connectivity index (χ4n) is 5.89. The molecule has 0 heterocycles. The first-order chi connectivity index (χ1) is 26.0. The number of ketones is 2. The molecule has 6 aromatic carbocycles. The van der Waals surface area contributed by atoms with Crippen LogP contribution in [-0.2, 0) is 0 Å². The number of aliphatic hydroxyl groups is 2. The van der Waals surface area contributed by atoms with Crippen LogP contribution in [-0.4, -0.2) is 49.0 Å².